The number of methoxy groups -OCH3 is 1. The van der Waals surface area contributed by atoms with Gasteiger partial charge in [-0.25, -0.2) is 0 Å². The largest absolute Gasteiger partial charge is 0.385 e. The number of rotatable bonds is 8. The molecule has 12 heavy (non-hydrogen) atoms. The number of unbranched alkanes of at least 4 members (excludes halogenated alkanes) is 4. The van der Waals surface area contributed by atoms with Crippen molar-refractivity contribution in [1.82, 2.24) is 0 Å². The molecule has 0 aliphatic rings. The summed E-state index contributed by atoms with van der Waals surface area (Å²) in [6, 6.07) is 0. The Labute approximate surface area is 79.2 Å². The Morgan fingerprint density at radius 3 is 2.33 bits per heavy atom. The number of carbonyl (C=O) groups excluding carboxylic acids is 1. The van der Waals surface area contributed by atoms with Crippen molar-refractivity contribution in [2.45, 2.75) is 38.5 Å². The number of carbonyl (C=O) groups is 1. The molecule has 0 atom stereocenters. The third-order valence-electron chi connectivity index (χ3n) is 1.72. The first-order chi connectivity index (χ1) is 5.77. The zero-order chi connectivity index (χ0) is 9.23. The molecule has 0 unspecified atom stereocenters. The van der Waals surface area contributed by atoms with Gasteiger partial charge in [0.25, 0.3) is 0 Å². The first-order valence-electron chi connectivity index (χ1n) is 4.44. The summed E-state index contributed by atoms with van der Waals surface area (Å²) in [5.74, 6) is 0. The van der Waals surface area contributed by atoms with E-state index in [0.717, 1.165) is 25.9 Å². The molecule has 0 saturated carbocycles. The van der Waals surface area contributed by atoms with Crippen LogP contribution in [0.3, 0.4) is 0 Å². The minimum absolute atomic E-state index is 0.216. The van der Waals surface area contributed by atoms with Gasteiger partial charge in [0.15, 0.2) is 0 Å². The average Bonchev–Trinajstić information content (AvgIpc) is 2.02. The lowest BCUT2D eigenvalue weighted by molar-refractivity contribution is -0.111. The second-order valence-electron chi connectivity index (χ2n) is 2.87. The van der Waals surface area contributed by atoms with Crippen molar-refractivity contribution in [1.29, 1.82) is 0 Å². The van der Waals surface area contributed by atoms with Gasteiger partial charge in [-0.15, -0.1) is 0 Å². The van der Waals surface area contributed by atoms with Crippen LogP contribution in [0.5, 0.6) is 0 Å². The quantitative estimate of drug-likeness (QED) is 0.437. The van der Waals surface area contributed by atoms with Crippen LogP contribution < -0.4 is 0 Å². The fraction of sp³-hybridized carbons (Fsp3) is 0.889. The molecule has 0 heterocycles. The molecule has 3 heteroatoms. The SMILES string of the molecule is COCCCCCCCC(=O)Cl. The van der Waals surface area contributed by atoms with E-state index in [-0.39, 0.29) is 5.24 Å². The lowest BCUT2D eigenvalue weighted by Crippen LogP contribution is -1.89. The van der Waals surface area contributed by atoms with Crippen molar-refractivity contribution in [3.8, 4) is 0 Å². The van der Waals surface area contributed by atoms with Gasteiger partial charge in [-0.3, -0.25) is 4.79 Å². The Morgan fingerprint density at radius 1 is 1.17 bits per heavy atom. The maximum atomic E-state index is 10.3. The number of hydrogen-bond acceptors (Lipinski definition) is 2. The number of hydrogen-bond donors (Lipinski definition) is 0. The van der Waals surface area contributed by atoms with Crippen molar-refractivity contribution < 1.29 is 9.53 Å². The molecule has 0 aliphatic carbocycles. The number of ether oxygens (including phenoxy) is 1. The van der Waals surface area contributed by atoms with Crippen LogP contribution in [-0.2, 0) is 9.53 Å². The van der Waals surface area contributed by atoms with E-state index in [9.17, 15) is 4.79 Å². The van der Waals surface area contributed by atoms with Crippen molar-refractivity contribution in [2.24, 2.45) is 0 Å². The van der Waals surface area contributed by atoms with Gasteiger partial charge < -0.3 is 4.74 Å². The second kappa shape index (κ2) is 9.01. The smallest absolute Gasteiger partial charge is 0.221 e. The zero-order valence-corrected chi connectivity index (χ0v) is 8.40. The van der Waals surface area contributed by atoms with Crippen molar-refractivity contribution >= 4 is 16.8 Å². The van der Waals surface area contributed by atoms with Crippen LogP contribution in [0.15, 0.2) is 0 Å². The van der Waals surface area contributed by atoms with Crippen LogP contribution in [0.25, 0.3) is 0 Å². The van der Waals surface area contributed by atoms with E-state index < -0.39 is 0 Å². The third kappa shape index (κ3) is 9.92. The second-order valence-corrected chi connectivity index (χ2v) is 3.29. The summed E-state index contributed by atoms with van der Waals surface area (Å²) in [6.45, 7) is 0.842. The molecule has 0 bridgehead atoms. The maximum absolute atomic E-state index is 10.3. The van der Waals surface area contributed by atoms with E-state index in [0.29, 0.717) is 6.42 Å². The molecule has 0 N–H and O–H groups in total. The molecule has 2 nitrogen and oxygen atoms in total. The van der Waals surface area contributed by atoms with Gasteiger partial charge in [-0.05, 0) is 24.4 Å². The van der Waals surface area contributed by atoms with Crippen LogP contribution in [0.1, 0.15) is 38.5 Å². The van der Waals surface area contributed by atoms with Gasteiger partial charge in [0.1, 0.15) is 0 Å². The molecule has 0 aromatic rings. The molecule has 0 aliphatic heterocycles. The van der Waals surface area contributed by atoms with E-state index >= 15 is 0 Å². The summed E-state index contributed by atoms with van der Waals surface area (Å²) in [5, 5.41) is -0.216. The fourth-order valence-corrected chi connectivity index (χ4v) is 1.17. The summed E-state index contributed by atoms with van der Waals surface area (Å²) in [5.41, 5.74) is 0. The van der Waals surface area contributed by atoms with Crippen molar-refractivity contribution in [3.63, 3.8) is 0 Å². The van der Waals surface area contributed by atoms with Gasteiger partial charge in [0.2, 0.25) is 5.24 Å². The normalized spacial score (nSPS) is 10.2. The Morgan fingerprint density at radius 2 is 1.75 bits per heavy atom. The van der Waals surface area contributed by atoms with E-state index in [4.69, 9.17) is 16.3 Å². The van der Waals surface area contributed by atoms with Gasteiger partial charge in [0, 0.05) is 20.1 Å². The molecule has 0 amide bonds. The van der Waals surface area contributed by atoms with Crippen LogP contribution in [0.4, 0.5) is 0 Å². The predicted molar refractivity (Wildman–Crippen MR) is 50.4 cm³/mol. The highest BCUT2D eigenvalue weighted by Gasteiger charge is 1.95. The van der Waals surface area contributed by atoms with Crippen LogP contribution in [0, 0.1) is 0 Å². The summed E-state index contributed by atoms with van der Waals surface area (Å²) >= 11 is 5.18. The number of halogens is 1. The molecule has 0 aromatic carbocycles. The van der Waals surface area contributed by atoms with Crippen LogP contribution in [-0.4, -0.2) is 19.0 Å². The van der Waals surface area contributed by atoms with Gasteiger partial charge in [-0.2, -0.15) is 0 Å². The minimum Gasteiger partial charge on any atom is -0.385 e. The highest BCUT2D eigenvalue weighted by Crippen LogP contribution is 2.06. The average molecular weight is 193 g/mol. The van der Waals surface area contributed by atoms with Crippen LogP contribution in [0.2, 0.25) is 0 Å². The molecule has 0 rings (SSSR count). The topological polar surface area (TPSA) is 26.3 Å². The highest BCUT2D eigenvalue weighted by molar-refractivity contribution is 6.63. The molecule has 0 aromatic heterocycles. The summed E-state index contributed by atoms with van der Waals surface area (Å²) in [4.78, 5) is 10.3. The van der Waals surface area contributed by atoms with Gasteiger partial charge in [0.05, 0.1) is 0 Å². The maximum Gasteiger partial charge on any atom is 0.221 e. The first-order valence-corrected chi connectivity index (χ1v) is 4.82. The molecular formula is C9H17ClO2. The fourth-order valence-electron chi connectivity index (χ4n) is 1.04. The van der Waals surface area contributed by atoms with Crippen molar-refractivity contribution in [3.05, 3.63) is 0 Å². The Balaban J connectivity index is 2.86. The lowest BCUT2D eigenvalue weighted by atomic mass is 10.1. The van der Waals surface area contributed by atoms with Crippen LogP contribution >= 0.6 is 11.6 Å². The van der Waals surface area contributed by atoms with Gasteiger partial charge >= 0.3 is 0 Å². The molecule has 72 valence electrons. The third-order valence-corrected chi connectivity index (χ3v) is 1.91. The summed E-state index contributed by atoms with van der Waals surface area (Å²) in [7, 11) is 1.71. The van der Waals surface area contributed by atoms with E-state index in [1.807, 2.05) is 0 Å². The Bertz CT molecular complexity index is 115. The summed E-state index contributed by atoms with van der Waals surface area (Å²) < 4.78 is 4.91. The standard InChI is InChI=1S/C9H17ClO2/c1-12-8-6-4-2-3-5-7-9(10)11/h2-8H2,1H3. The van der Waals surface area contributed by atoms with Gasteiger partial charge in [-0.1, -0.05) is 19.3 Å². The Kier molecular flexibility index (Phi) is 8.95. The minimum atomic E-state index is -0.216. The molecule has 0 radical (unpaired) electrons. The highest BCUT2D eigenvalue weighted by atomic mass is 35.5. The monoisotopic (exact) mass is 192 g/mol. The van der Waals surface area contributed by atoms with E-state index in [1.54, 1.807) is 7.11 Å². The Hall–Kier alpha value is -0.0800. The van der Waals surface area contributed by atoms with E-state index in [2.05, 4.69) is 0 Å². The molecular weight excluding hydrogens is 176 g/mol. The zero-order valence-electron chi connectivity index (χ0n) is 7.64. The predicted octanol–water partition coefficient (Wildman–Crippen LogP) is 2.74. The van der Waals surface area contributed by atoms with E-state index in [1.165, 1.54) is 12.8 Å². The lowest BCUT2D eigenvalue weighted by Gasteiger charge is -1.98. The van der Waals surface area contributed by atoms with Crippen molar-refractivity contribution in [2.75, 3.05) is 13.7 Å². The summed E-state index contributed by atoms with van der Waals surface area (Å²) in [6.07, 6.45) is 6.02. The molecule has 0 saturated heterocycles. The molecule has 0 fully saturated rings. The molecule has 0 spiro atoms. The first kappa shape index (κ1) is 11.9.